The van der Waals surface area contributed by atoms with Crippen molar-refractivity contribution in [2.75, 3.05) is 37.9 Å². The van der Waals surface area contributed by atoms with E-state index in [1.165, 1.54) is 22.3 Å². The Morgan fingerprint density at radius 3 is 1.84 bits per heavy atom. The number of hydrogen-bond donors (Lipinski definition) is 3. The summed E-state index contributed by atoms with van der Waals surface area (Å²) in [5.74, 6) is 2.12. The second-order valence-corrected chi connectivity index (χ2v) is 16.7. The molecule has 10 rings (SSSR count). The predicted molar refractivity (Wildman–Crippen MR) is 221 cm³/mol. The Morgan fingerprint density at radius 2 is 1.32 bits per heavy atom. The van der Waals surface area contributed by atoms with Gasteiger partial charge in [0.25, 0.3) is 0 Å². The van der Waals surface area contributed by atoms with E-state index in [2.05, 4.69) is 50.5 Å². The maximum atomic E-state index is 12.8. The van der Waals surface area contributed by atoms with E-state index in [0.717, 1.165) is 96.5 Å². The Hall–Kier alpha value is -5.78. The van der Waals surface area contributed by atoms with Gasteiger partial charge in [-0.1, -0.05) is 0 Å². The van der Waals surface area contributed by atoms with Crippen LogP contribution in [0.3, 0.4) is 0 Å². The van der Waals surface area contributed by atoms with Gasteiger partial charge in [0.2, 0.25) is 5.91 Å². The average Bonchev–Trinajstić information content (AvgIpc) is 4.04. The number of aromatic nitrogens is 6. The number of pyridine rings is 2. The lowest BCUT2D eigenvalue weighted by Crippen LogP contribution is -2.37. The van der Waals surface area contributed by atoms with Gasteiger partial charge in [0.15, 0.2) is 0 Å². The molecule has 0 bridgehead atoms. The van der Waals surface area contributed by atoms with Gasteiger partial charge in [0.05, 0.1) is 36.4 Å². The number of likely N-dealkylation sites (N-methyl/N-ethyl adjacent to an activating group) is 1. The quantitative estimate of drug-likeness (QED) is 0.157. The van der Waals surface area contributed by atoms with E-state index in [1.807, 2.05) is 44.0 Å². The minimum atomic E-state index is -0.721. The summed E-state index contributed by atoms with van der Waals surface area (Å²) >= 11 is 3.24. The van der Waals surface area contributed by atoms with Gasteiger partial charge in [0, 0.05) is 83.5 Å². The van der Waals surface area contributed by atoms with Gasteiger partial charge < -0.3 is 25.4 Å². The first-order valence-corrected chi connectivity index (χ1v) is 20.4. The summed E-state index contributed by atoms with van der Waals surface area (Å²) in [6, 6.07) is 3.97. The summed E-state index contributed by atoms with van der Waals surface area (Å²) in [5.41, 5.74) is 6.86. The average molecular weight is 802 g/mol. The highest BCUT2D eigenvalue weighted by molar-refractivity contribution is 7.19. The van der Waals surface area contributed by atoms with Crippen LogP contribution in [0, 0.1) is 11.8 Å². The number of nitrogens with one attached hydrogen (secondary N) is 2. The van der Waals surface area contributed by atoms with Crippen molar-refractivity contribution in [3.05, 3.63) is 80.3 Å². The fourth-order valence-corrected chi connectivity index (χ4v) is 10.4. The van der Waals surface area contributed by atoms with E-state index < -0.39 is 5.97 Å². The largest absolute Gasteiger partial charge is 0.481 e. The monoisotopic (exact) mass is 801 g/mol. The van der Waals surface area contributed by atoms with Crippen LogP contribution in [0.4, 0.5) is 23.3 Å². The smallest absolute Gasteiger partial charge is 0.306 e. The number of nitrogens with zero attached hydrogens (tertiary/aromatic N) is 9. The molecule has 0 saturated carbocycles. The molecule has 290 valence electrons. The molecular weight excluding hydrogens is 763 g/mol. The van der Waals surface area contributed by atoms with Gasteiger partial charge in [-0.3, -0.25) is 19.6 Å². The number of amides is 1. The standard InChI is InChI=1S/C22H24N6O2S.C18H15N5O2S/c1-28(5-6-30-2)22(29)13-3-4-16-17(7-13)31-21-19(16)20(25-12-26-21)27-18-8-14-9-23-10-15(14)11-24-18;24-18(25)9-1-2-12-13(3-9)26-17-15(12)16(21-8-22-17)23-14-4-10-5-19-6-11(10)7-20-14/h8-9,11-13H,3-7,10H2,1-2H3,(H,24,25,26,27);4-5,7-9H,1-3,6H2,(H,24,25)(H,20,21,22,23)/t13-;9-/m00/s1. The summed E-state index contributed by atoms with van der Waals surface area (Å²) in [6.45, 7) is 2.54. The van der Waals surface area contributed by atoms with Gasteiger partial charge >= 0.3 is 5.97 Å². The highest BCUT2D eigenvalue weighted by Gasteiger charge is 2.31. The molecule has 2 aliphatic carbocycles. The van der Waals surface area contributed by atoms with Crippen LogP contribution in [0.1, 0.15) is 56.0 Å². The number of fused-ring (bicyclic) bond motifs is 8. The number of aliphatic carboxylic acids is 1. The Kier molecular flexibility index (Phi) is 10.1. The number of carboxylic acid groups (broad SMARTS) is 1. The van der Waals surface area contributed by atoms with E-state index in [9.17, 15) is 14.7 Å². The van der Waals surface area contributed by atoms with Gasteiger partial charge in [0.1, 0.15) is 45.6 Å². The van der Waals surface area contributed by atoms with Crippen LogP contribution >= 0.6 is 22.7 Å². The number of aliphatic imine (C=N–C) groups is 2. The maximum absolute atomic E-state index is 12.8. The molecule has 6 aromatic heterocycles. The van der Waals surface area contributed by atoms with Crippen molar-refractivity contribution in [3.8, 4) is 0 Å². The number of thiophene rings is 2. The van der Waals surface area contributed by atoms with Crippen LogP contribution in [-0.2, 0) is 53.1 Å². The second-order valence-electron chi connectivity index (χ2n) is 14.5. The number of carbonyl (C=O) groups is 2. The second kappa shape index (κ2) is 15.6. The molecule has 0 fully saturated rings. The third kappa shape index (κ3) is 7.33. The fraction of sp³-hybridized carbons (Fsp3) is 0.350. The first-order valence-electron chi connectivity index (χ1n) is 18.8. The molecule has 3 N–H and O–H groups in total. The van der Waals surface area contributed by atoms with Gasteiger partial charge in [-0.05, 0) is 61.8 Å². The molecule has 1 amide bonds. The first-order chi connectivity index (χ1) is 27.8. The summed E-state index contributed by atoms with van der Waals surface area (Å²) in [4.78, 5) is 65.5. The normalized spacial score (nSPS) is 17.4. The molecule has 0 radical (unpaired) electrons. The van der Waals surface area contributed by atoms with Crippen LogP contribution in [0.25, 0.3) is 20.4 Å². The van der Waals surface area contributed by atoms with E-state index in [-0.39, 0.29) is 17.7 Å². The van der Waals surface area contributed by atoms with Crippen molar-refractivity contribution < 1.29 is 19.4 Å². The summed E-state index contributed by atoms with van der Waals surface area (Å²) < 4.78 is 5.11. The van der Waals surface area contributed by atoms with Crippen LogP contribution in [0.2, 0.25) is 0 Å². The fourth-order valence-electron chi connectivity index (χ4n) is 7.85. The molecule has 0 spiro atoms. The Bertz CT molecular complexity index is 2600. The first kappa shape index (κ1) is 36.8. The predicted octanol–water partition coefficient (Wildman–Crippen LogP) is 5.92. The van der Waals surface area contributed by atoms with Gasteiger partial charge in [-0.2, -0.15) is 0 Å². The number of anilines is 4. The molecule has 17 heteroatoms. The molecule has 8 heterocycles. The lowest BCUT2D eigenvalue weighted by molar-refractivity contribution is -0.142. The zero-order chi connectivity index (χ0) is 39.0. The maximum Gasteiger partial charge on any atom is 0.306 e. The minimum Gasteiger partial charge on any atom is -0.481 e. The number of aryl methyl sites for hydroxylation is 2. The van der Waals surface area contributed by atoms with E-state index in [4.69, 9.17) is 4.74 Å². The van der Waals surface area contributed by atoms with Crippen molar-refractivity contribution in [1.82, 2.24) is 34.8 Å². The third-order valence-electron chi connectivity index (χ3n) is 10.9. The zero-order valence-corrected chi connectivity index (χ0v) is 33.0. The zero-order valence-electron chi connectivity index (χ0n) is 31.4. The van der Waals surface area contributed by atoms with Crippen LogP contribution in [0.15, 0.2) is 47.2 Å². The molecule has 6 aromatic rings. The molecule has 4 aliphatic rings. The molecule has 2 atom stereocenters. The molecule has 57 heavy (non-hydrogen) atoms. The third-order valence-corrected chi connectivity index (χ3v) is 13.2. The van der Waals surface area contributed by atoms with Crippen LogP contribution in [0.5, 0.6) is 0 Å². The molecule has 2 aliphatic heterocycles. The number of carboxylic acids is 1. The number of rotatable bonds is 9. The van der Waals surface area contributed by atoms with Crippen molar-refractivity contribution in [1.29, 1.82) is 0 Å². The van der Waals surface area contributed by atoms with Gasteiger partial charge in [-0.15, -0.1) is 22.7 Å². The topological polar surface area (TPSA) is 193 Å². The van der Waals surface area contributed by atoms with Crippen molar-refractivity contribution in [2.24, 2.45) is 21.8 Å². The summed E-state index contributed by atoms with van der Waals surface area (Å²) in [7, 11) is 3.50. The van der Waals surface area contributed by atoms with Crippen molar-refractivity contribution >= 4 is 90.7 Å². The Labute approximate surface area is 335 Å². The van der Waals surface area contributed by atoms with Gasteiger partial charge in [-0.25, -0.2) is 29.9 Å². The van der Waals surface area contributed by atoms with E-state index in [1.54, 1.807) is 41.0 Å². The molecular formula is C40H39N11O4S2. The lowest BCUT2D eigenvalue weighted by atomic mass is 9.87. The number of carbonyl (C=O) groups excluding carboxylic acids is 1. The molecule has 0 saturated heterocycles. The summed E-state index contributed by atoms with van der Waals surface area (Å²) in [6.07, 6.45) is 14.9. The van der Waals surface area contributed by atoms with E-state index >= 15 is 0 Å². The Morgan fingerprint density at radius 1 is 0.789 bits per heavy atom. The molecule has 0 unspecified atom stereocenters. The highest BCUT2D eigenvalue weighted by atomic mass is 32.1. The lowest BCUT2D eigenvalue weighted by Gasteiger charge is -2.26. The minimum absolute atomic E-state index is 0.00412. The number of hydrogen-bond acceptors (Lipinski definition) is 15. The van der Waals surface area contributed by atoms with Crippen molar-refractivity contribution in [3.63, 3.8) is 0 Å². The van der Waals surface area contributed by atoms with E-state index in [0.29, 0.717) is 39.1 Å². The molecule has 0 aromatic carbocycles. The van der Waals surface area contributed by atoms with Crippen LogP contribution in [-0.4, -0.2) is 91.5 Å². The molecule has 15 nitrogen and oxygen atoms in total. The van der Waals surface area contributed by atoms with Crippen molar-refractivity contribution in [2.45, 2.75) is 51.6 Å². The van der Waals surface area contributed by atoms with Crippen LogP contribution < -0.4 is 10.6 Å². The number of methoxy groups -OCH3 is 1. The number of ether oxygens (including phenoxy) is 1. The highest BCUT2D eigenvalue weighted by Crippen LogP contribution is 2.42. The summed E-state index contributed by atoms with van der Waals surface area (Å²) in [5, 5.41) is 18.1. The Balaban J connectivity index is 0.000000150. The SMILES string of the molecule is COCCN(C)C(=O)[C@H]1CCc2c(sc3ncnc(Nc4cc5c(cn4)CN=C5)c23)C1.O=C(O)[C@H]1CCc2c(sc3ncnc(Nc4cc5c(cn4)CN=C5)c23)C1.